The average Bonchev–Trinajstić information content (AvgIpc) is 2.39. The first-order chi connectivity index (χ1) is 9.08. The van der Waals surface area contributed by atoms with Gasteiger partial charge in [0.05, 0.1) is 5.56 Å². The van der Waals surface area contributed by atoms with Crippen molar-refractivity contribution in [3.63, 3.8) is 0 Å². The van der Waals surface area contributed by atoms with Crippen molar-refractivity contribution in [3.05, 3.63) is 59.2 Å². The number of nitrogens with one attached hydrogen (secondary N) is 1. The Bertz CT molecular complexity index is 609. The number of nitrogens with two attached hydrogens (primary N) is 1. The standard InChI is InChI=1S/C15H16N2O2/c1-10-6-7-11(15(18)19)8-14(10)17-9-12-4-2-3-5-13(12)16/h2-8,17H,9,16H2,1H3,(H,18,19). The van der Waals surface area contributed by atoms with Gasteiger partial charge in [-0.2, -0.15) is 0 Å². The Morgan fingerprint density at radius 2 is 2.00 bits per heavy atom. The molecule has 0 aromatic heterocycles. The summed E-state index contributed by atoms with van der Waals surface area (Å²) >= 11 is 0. The van der Waals surface area contributed by atoms with Crippen LogP contribution in [-0.4, -0.2) is 11.1 Å². The SMILES string of the molecule is Cc1ccc(C(=O)O)cc1NCc1ccccc1N. The molecule has 0 fully saturated rings. The molecule has 0 aliphatic heterocycles. The van der Waals surface area contributed by atoms with Crippen LogP contribution in [0.25, 0.3) is 0 Å². The van der Waals surface area contributed by atoms with Crippen molar-refractivity contribution in [1.82, 2.24) is 0 Å². The van der Waals surface area contributed by atoms with E-state index < -0.39 is 5.97 Å². The minimum atomic E-state index is -0.928. The highest BCUT2D eigenvalue weighted by Gasteiger charge is 2.06. The number of aromatic carboxylic acids is 1. The summed E-state index contributed by atoms with van der Waals surface area (Å²) in [6.45, 7) is 2.50. The van der Waals surface area contributed by atoms with Gasteiger partial charge in [-0.05, 0) is 36.2 Å². The second-order valence-corrected chi connectivity index (χ2v) is 4.39. The zero-order valence-corrected chi connectivity index (χ0v) is 10.7. The Morgan fingerprint density at radius 1 is 1.26 bits per heavy atom. The van der Waals surface area contributed by atoms with Crippen molar-refractivity contribution in [3.8, 4) is 0 Å². The highest BCUT2D eigenvalue weighted by atomic mass is 16.4. The fraction of sp³-hybridized carbons (Fsp3) is 0.133. The number of aryl methyl sites for hydroxylation is 1. The highest BCUT2D eigenvalue weighted by molar-refractivity contribution is 5.89. The molecule has 0 bridgehead atoms. The molecule has 0 atom stereocenters. The molecule has 4 N–H and O–H groups in total. The minimum absolute atomic E-state index is 0.272. The van der Waals surface area contributed by atoms with E-state index in [2.05, 4.69) is 5.32 Å². The molecule has 2 aromatic carbocycles. The van der Waals surface area contributed by atoms with Crippen LogP contribution >= 0.6 is 0 Å². The maximum absolute atomic E-state index is 10.9. The average molecular weight is 256 g/mol. The molecule has 0 unspecified atom stereocenters. The summed E-state index contributed by atoms with van der Waals surface area (Å²) in [5.41, 5.74) is 9.66. The van der Waals surface area contributed by atoms with Gasteiger partial charge in [-0.3, -0.25) is 0 Å². The van der Waals surface area contributed by atoms with Crippen molar-refractivity contribution in [2.24, 2.45) is 0 Å². The molecular formula is C15H16N2O2. The van der Waals surface area contributed by atoms with Crippen LogP contribution in [0, 0.1) is 6.92 Å². The number of para-hydroxylation sites is 1. The number of carboxylic acid groups (broad SMARTS) is 1. The van der Waals surface area contributed by atoms with E-state index in [0.717, 1.165) is 22.5 Å². The fourth-order valence-corrected chi connectivity index (χ4v) is 1.83. The van der Waals surface area contributed by atoms with Crippen molar-refractivity contribution >= 4 is 17.3 Å². The largest absolute Gasteiger partial charge is 0.478 e. The zero-order chi connectivity index (χ0) is 13.8. The summed E-state index contributed by atoms with van der Waals surface area (Å²) in [5, 5.41) is 12.2. The second-order valence-electron chi connectivity index (χ2n) is 4.39. The number of rotatable bonds is 4. The van der Waals surface area contributed by atoms with Crippen LogP contribution in [-0.2, 0) is 6.54 Å². The van der Waals surface area contributed by atoms with Crippen LogP contribution < -0.4 is 11.1 Å². The number of carbonyl (C=O) groups is 1. The lowest BCUT2D eigenvalue weighted by atomic mass is 10.1. The number of hydrogen-bond acceptors (Lipinski definition) is 3. The van der Waals surface area contributed by atoms with Gasteiger partial charge < -0.3 is 16.2 Å². The van der Waals surface area contributed by atoms with Gasteiger partial charge in [0.15, 0.2) is 0 Å². The molecule has 0 aliphatic rings. The number of anilines is 2. The number of carboxylic acids is 1. The van der Waals surface area contributed by atoms with Gasteiger partial charge >= 0.3 is 5.97 Å². The molecule has 0 saturated heterocycles. The summed E-state index contributed by atoms with van der Waals surface area (Å²) in [7, 11) is 0. The van der Waals surface area contributed by atoms with Crippen LogP contribution in [0.2, 0.25) is 0 Å². The molecule has 2 aromatic rings. The van der Waals surface area contributed by atoms with Crippen LogP contribution in [0.4, 0.5) is 11.4 Å². The summed E-state index contributed by atoms with van der Waals surface area (Å²) in [4.78, 5) is 10.9. The third-order valence-corrected chi connectivity index (χ3v) is 3.01. The molecule has 98 valence electrons. The first-order valence-electron chi connectivity index (χ1n) is 5.99. The molecule has 19 heavy (non-hydrogen) atoms. The Morgan fingerprint density at radius 3 is 2.68 bits per heavy atom. The van der Waals surface area contributed by atoms with Gasteiger partial charge in [0, 0.05) is 17.9 Å². The molecule has 4 nitrogen and oxygen atoms in total. The van der Waals surface area contributed by atoms with Crippen molar-refractivity contribution < 1.29 is 9.90 Å². The molecular weight excluding hydrogens is 240 g/mol. The van der Waals surface area contributed by atoms with Crippen LogP contribution in [0.5, 0.6) is 0 Å². The van der Waals surface area contributed by atoms with E-state index in [1.807, 2.05) is 31.2 Å². The Labute approximate surface area is 111 Å². The lowest BCUT2D eigenvalue weighted by molar-refractivity contribution is 0.0697. The lowest BCUT2D eigenvalue weighted by Gasteiger charge is -2.11. The first-order valence-corrected chi connectivity index (χ1v) is 5.99. The van der Waals surface area contributed by atoms with Gasteiger partial charge in [0.25, 0.3) is 0 Å². The number of hydrogen-bond donors (Lipinski definition) is 3. The highest BCUT2D eigenvalue weighted by Crippen LogP contribution is 2.19. The quantitative estimate of drug-likeness (QED) is 0.735. The maximum atomic E-state index is 10.9. The van der Waals surface area contributed by atoms with Crippen LogP contribution in [0.1, 0.15) is 21.5 Å². The maximum Gasteiger partial charge on any atom is 0.335 e. The van der Waals surface area contributed by atoms with E-state index in [1.54, 1.807) is 18.2 Å². The van der Waals surface area contributed by atoms with Crippen molar-refractivity contribution in [2.45, 2.75) is 13.5 Å². The molecule has 0 heterocycles. The van der Waals surface area contributed by atoms with Crippen LogP contribution in [0.15, 0.2) is 42.5 Å². The van der Waals surface area contributed by atoms with Gasteiger partial charge in [-0.15, -0.1) is 0 Å². The zero-order valence-electron chi connectivity index (χ0n) is 10.7. The monoisotopic (exact) mass is 256 g/mol. The van der Waals surface area contributed by atoms with Gasteiger partial charge in [0.1, 0.15) is 0 Å². The third-order valence-electron chi connectivity index (χ3n) is 3.01. The van der Waals surface area contributed by atoms with E-state index in [4.69, 9.17) is 10.8 Å². The Balaban J connectivity index is 2.17. The predicted molar refractivity (Wildman–Crippen MR) is 76.3 cm³/mol. The summed E-state index contributed by atoms with van der Waals surface area (Å²) < 4.78 is 0. The van der Waals surface area contributed by atoms with Gasteiger partial charge in [-0.1, -0.05) is 24.3 Å². The summed E-state index contributed by atoms with van der Waals surface area (Å²) in [5.74, 6) is -0.928. The van der Waals surface area contributed by atoms with E-state index in [9.17, 15) is 4.79 Å². The van der Waals surface area contributed by atoms with Crippen molar-refractivity contribution in [2.75, 3.05) is 11.1 Å². The molecule has 0 aliphatic carbocycles. The Kier molecular flexibility index (Phi) is 3.71. The molecule has 2 rings (SSSR count). The topological polar surface area (TPSA) is 75.3 Å². The third kappa shape index (κ3) is 3.04. The number of nitrogen functional groups attached to an aromatic ring is 1. The van der Waals surface area contributed by atoms with Crippen molar-refractivity contribution in [1.29, 1.82) is 0 Å². The second kappa shape index (κ2) is 5.44. The Hall–Kier alpha value is -2.49. The van der Waals surface area contributed by atoms with Gasteiger partial charge in [0.2, 0.25) is 0 Å². The molecule has 0 amide bonds. The fourth-order valence-electron chi connectivity index (χ4n) is 1.83. The molecule has 0 spiro atoms. The lowest BCUT2D eigenvalue weighted by Crippen LogP contribution is -2.05. The summed E-state index contributed by atoms with van der Waals surface area (Å²) in [6, 6.07) is 12.6. The van der Waals surface area contributed by atoms with E-state index in [0.29, 0.717) is 6.54 Å². The predicted octanol–water partition coefficient (Wildman–Crippen LogP) is 2.89. The first kappa shape index (κ1) is 13.0. The molecule has 4 heteroatoms. The molecule has 0 saturated carbocycles. The summed E-state index contributed by atoms with van der Waals surface area (Å²) in [6.07, 6.45) is 0. The van der Waals surface area contributed by atoms with E-state index in [1.165, 1.54) is 0 Å². The van der Waals surface area contributed by atoms with Crippen LogP contribution in [0.3, 0.4) is 0 Å². The van der Waals surface area contributed by atoms with Gasteiger partial charge in [-0.25, -0.2) is 4.79 Å². The van der Waals surface area contributed by atoms with E-state index >= 15 is 0 Å². The molecule has 0 radical (unpaired) electrons. The van der Waals surface area contributed by atoms with E-state index in [-0.39, 0.29) is 5.56 Å². The minimum Gasteiger partial charge on any atom is -0.478 e. The normalized spacial score (nSPS) is 10.2. The number of benzene rings is 2. The smallest absolute Gasteiger partial charge is 0.335 e.